The van der Waals surface area contributed by atoms with Gasteiger partial charge in [0.1, 0.15) is 35.4 Å². The van der Waals surface area contributed by atoms with E-state index in [4.69, 9.17) is 37.7 Å². The van der Waals surface area contributed by atoms with E-state index in [-0.39, 0.29) is 45.0 Å². The van der Waals surface area contributed by atoms with Crippen LogP contribution in [0.4, 0.5) is 4.39 Å². The van der Waals surface area contributed by atoms with E-state index in [1.165, 1.54) is 30.1 Å². The summed E-state index contributed by atoms with van der Waals surface area (Å²) in [5.74, 6) is -0.411. The van der Waals surface area contributed by atoms with Gasteiger partial charge < -0.3 is 47.5 Å². The molecule has 0 spiro atoms. The molecule has 7 rings (SSSR count). The van der Waals surface area contributed by atoms with E-state index in [2.05, 4.69) is 16.0 Å². The van der Waals surface area contributed by atoms with Crippen LogP contribution < -0.4 is 32.0 Å². The third-order valence-corrected chi connectivity index (χ3v) is 15.1. The molecule has 2 unspecified atom stereocenters. The summed E-state index contributed by atoms with van der Waals surface area (Å²) in [4.78, 5) is 67.9. The number of likely N-dealkylation sites (N-methyl/N-ethyl adjacent to an activating group) is 1. The molecule has 22 heteroatoms. The zero-order valence-electron chi connectivity index (χ0n) is 42.6. The first-order valence-electron chi connectivity index (χ1n) is 24.2. The molecule has 2 aliphatic heterocycles. The fraction of sp³-hybridized carbons (Fsp3) is 0.481. The third-order valence-electron chi connectivity index (χ3n) is 13.4. The summed E-state index contributed by atoms with van der Waals surface area (Å²) >= 11 is 0. The van der Waals surface area contributed by atoms with Crippen LogP contribution in [0, 0.1) is 23.2 Å². The second kappa shape index (κ2) is 25.1. The predicted octanol–water partition coefficient (Wildman–Crippen LogP) is 4.69. The van der Waals surface area contributed by atoms with Gasteiger partial charge in [-0.3, -0.25) is 28.7 Å². The number of nitrogens with one attached hydrogen (secondary N) is 2. The molecule has 20 nitrogen and oxygen atoms in total. The maximum absolute atomic E-state index is 17.1. The van der Waals surface area contributed by atoms with E-state index in [1.54, 1.807) is 21.3 Å². The minimum atomic E-state index is -2.09. The van der Waals surface area contributed by atoms with Crippen LogP contribution in [0.1, 0.15) is 56.8 Å². The first-order valence-corrected chi connectivity index (χ1v) is 25.4. The van der Waals surface area contributed by atoms with Crippen molar-refractivity contribution in [3.8, 4) is 17.6 Å². The van der Waals surface area contributed by atoms with E-state index >= 15 is 4.39 Å². The lowest BCUT2D eigenvalue weighted by Crippen LogP contribution is -2.43. The van der Waals surface area contributed by atoms with E-state index in [9.17, 15) is 29.3 Å². The summed E-state index contributed by atoms with van der Waals surface area (Å²) in [7, 11) is 4.26. The summed E-state index contributed by atoms with van der Waals surface area (Å²) < 4.78 is 70.5. The number of rotatable bonds is 24. The molecule has 398 valence electrons. The molecule has 2 aliphatic rings. The van der Waals surface area contributed by atoms with Gasteiger partial charge in [-0.2, -0.15) is 5.26 Å². The van der Waals surface area contributed by atoms with Crippen LogP contribution in [-0.4, -0.2) is 138 Å². The fourth-order valence-corrected chi connectivity index (χ4v) is 11.1. The molecule has 10 atom stereocenters. The highest BCUT2D eigenvalue weighted by molar-refractivity contribution is 7.43. The number of aromatic amines is 2. The van der Waals surface area contributed by atoms with Gasteiger partial charge in [0.25, 0.3) is 19.6 Å². The number of aromatic nitrogens is 4. The van der Waals surface area contributed by atoms with Crippen molar-refractivity contribution in [2.75, 3.05) is 61.3 Å². The van der Waals surface area contributed by atoms with Crippen molar-refractivity contribution in [3.05, 3.63) is 162 Å². The normalized spacial score (nSPS) is 22.9. The standard InChI is InChI=1S/C52H65FN7O13P/c1-32(2)60(33(3)4)74(65)71-30-34(28-54)44-40(72-49(47(44)68-8)59-25-23-43(62)56-51(59)64)29-57(5)26-27-69-46-41(73-48(45(46)53)58-24-22-42(61)55-50(58)63)31-70-52(35-12-10-9-11-13-35,36-14-18-38(66-6)19-15-36)37-16-20-39(67-7)21-17-37/h9-25,32-34,40-41,44-49,65H,26-27,29-31H2,1-8H3,(H,55,61,63)(H,56,62,64)/t34?,40-,41+,44+,45+,46+,47+,48+,49+,74?/m0/s1. The molecule has 0 amide bonds. The number of alkyl halides is 1. The Morgan fingerprint density at radius 1 is 0.770 bits per heavy atom. The number of methoxy groups -OCH3 is 3. The molecule has 74 heavy (non-hydrogen) atoms. The van der Waals surface area contributed by atoms with Crippen LogP contribution in [0.3, 0.4) is 0 Å². The maximum atomic E-state index is 17.1. The Morgan fingerprint density at radius 3 is 1.80 bits per heavy atom. The molecule has 3 aromatic carbocycles. The molecule has 5 aromatic rings. The van der Waals surface area contributed by atoms with Crippen LogP contribution in [0.25, 0.3) is 0 Å². The van der Waals surface area contributed by atoms with Crippen LogP contribution in [-0.2, 0) is 33.8 Å². The zero-order valence-corrected chi connectivity index (χ0v) is 43.5. The quantitative estimate of drug-likeness (QED) is 0.0562. The molecule has 4 heterocycles. The van der Waals surface area contributed by atoms with E-state index in [0.29, 0.717) is 22.6 Å². The highest BCUT2D eigenvalue weighted by atomic mass is 31.2. The largest absolute Gasteiger partial charge is 0.497 e. The maximum Gasteiger partial charge on any atom is 0.330 e. The lowest BCUT2D eigenvalue weighted by atomic mass is 9.80. The van der Waals surface area contributed by atoms with Gasteiger partial charge in [0.05, 0.1) is 52.1 Å². The molecule has 0 bridgehead atoms. The Kier molecular flexibility index (Phi) is 18.9. The van der Waals surface area contributed by atoms with Gasteiger partial charge in [-0.15, -0.1) is 0 Å². The molecule has 2 saturated heterocycles. The lowest BCUT2D eigenvalue weighted by molar-refractivity contribution is -0.105. The van der Waals surface area contributed by atoms with Crippen LogP contribution in [0.15, 0.2) is 123 Å². The Labute approximate surface area is 429 Å². The summed E-state index contributed by atoms with van der Waals surface area (Å²) in [6, 6.07) is 28.8. The number of H-pyrrole nitrogens is 2. The summed E-state index contributed by atoms with van der Waals surface area (Å²) in [6.07, 6.45) is -6.20. The second-order valence-corrected chi connectivity index (χ2v) is 19.9. The monoisotopic (exact) mass is 1050 g/mol. The molecular formula is C52H65FN7O13P. The summed E-state index contributed by atoms with van der Waals surface area (Å²) in [6.45, 7) is 7.52. The van der Waals surface area contributed by atoms with Gasteiger partial charge in [-0.05, 0) is 75.7 Å². The number of hydrogen-bond donors (Lipinski definition) is 3. The molecule has 0 radical (unpaired) electrons. The highest BCUT2D eigenvalue weighted by Gasteiger charge is 2.52. The molecule has 0 aliphatic carbocycles. The zero-order chi connectivity index (χ0) is 53.3. The Bertz CT molecular complexity index is 2820. The predicted molar refractivity (Wildman–Crippen MR) is 271 cm³/mol. The minimum absolute atomic E-state index is 0.0567. The Balaban J connectivity index is 1.16. The van der Waals surface area contributed by atoms with Gasteiger partial charge in [0, 0.05) is 62.7 Å². The van der Waals surface area contributed by atoms with Crippen LogP contribution >= 0.6 is 8.53 Å². The number of ether oxygens (including phenoxy) is 7. The van der Waals surface area contributed by atoms with Crippen molar-refractivity contribution >= 4 is 8.53 Å². The first-order chi connectivity index (χ1) is 35.5. The molecule has 0 saturated carbocycles. The third kappa shape index (κ3) is 12.3. The second-order valence-electron chi connectivity index (χ2n) is 18.7. The molecule has 3 N–H and O–H groups in total. The van der Waals surface area contributed by atoms with E-state index in [0.717, 1.165) is 16.2 Å². The van der Waals surface area contributed by atoms with E-state index < -0.39 is 91.5 Å². The van der Waals surface area contributed by atoms with Crippen molar-refractivity contribution in [1.82, 2.24) is 28.7 Å². The number of halogens is 1. The molecule has 2 fully saturated rings. The number of nitrogens with zero attached hydrogens (tertiary/aromatic N) is 5. The van der Waals surface area contributed by atoms with Gasteiger partial charge >= 0.3 is 11.4 Å². The average molecular weight is 1050 g/mol. The topological polar surface area (TPSA) is 234 Å². The minimum Gasteiger partial charge on any atom is -0.497 e. The lowest BCUT2D eigenvalue weighted by Gasteiger charge is -2.37. The van der Waals surface area contributed by atoms with Crippen molar-refractivity contribution in [2.45, 2.75) is 88.4 Å². The number of nitriles is 1. The average Bonchev–Trinajstić information content (AvgIpc) is 3.89. The first kappa shape index (κ1) is 55.9. The number of hydrogen-bond acceptors (Lipinski definition) is 16. The van der Waals surface area contributed by atoms with Gasteiger partial charge in [-0.1, -0.05) is 54.6 Å². The van der Waals surface area contributed by atoms with Gasteiger partial charge in [0.15, 0.2) is 18.6 Å². The van der Waals surface area contributed by atoms with E-state index in [1.807, 2.05) is 116 Å². The molecular weight excluding hydrogens is 981 g/mol. The van der Waals surface area contributed by atoms with Crippen LogP contribution in [0.5, 0.6) is 11.5 Å². The van der Waals surface area contributed by atoms with Crippen molar-refractivity contribution in [1.29, 1.82) is 5.26 Å². The van der Waals surface area contributed by atoms with Gasteiger partial charge in [-0.25, -0.2) is 18.6 Å². The Morgan fingerprint density at radius 2 is 1.30 bits per heavy atom. The Hall–Kier alpha value is -5.89. The SMILES string of the molecule is COc1ccc(C(OC[C@H]2O[C@@H](n3ccc(=O)[nH]c3=O)[C@H](F)[C@@H]2OCCN(C)C[C@@H]2O[C@@H](n3ccc(=O)[nH]c3=O)[C@H](OC)[C@@H]2C(C#N)COP(O)N(C(C)C)C(C)C)(c2ccccc2)c2ccc(OC)cc2)cc1. The smallest absolute Gasteiger partial charge is 0.330 e. The summed E-state index contributed by atoms with van der Waals surface area (Å²) in [5.41, 5.74) is -2.05. The van der Waals surface area contributed by atoms with Crippen molar-refractivity contribution < 1.29 is 47.0 Å². The summed E-state index contributed by atoms with van der Waals surface area (Å²) in [5, 5.41) is 10.7. The number of benzene rings is 3. The van der Waals surface area contributed by atoms with Gasteiger partial charge in [0.2, 0.25) is 0 Å². The highest BCUT2D eigenvalue weighted by Crippen LogP contribution is 2.46. The van der Waals surface area contributed by atoms with Crippen molar-refractivity contribution in [3.63, 3.8) is 0 Å². The van der Waals surface area contributed by atoms with Crippen molar-refractivity contribution in [2.24, 2.45) is 11.8 Å². The van der Waals surface area contributed by atoms with Crippen LogP contribution in [0.2, 0.25) is 0 Å². The fourth-order valence-electron chi connectivity index (χ4n) is 9.87. The molecule has 2 aromatic heterocycles.